The number of anilines is 1. The van der Waals surface area contributed by atoms with Gasteiger partial charge >= 0.3 is 0 Å². The van der Waals surface area contributed by atoms with Gasteiger partial charge in [-0.05, 0) is 25.1 Å². The van der Waals surface area contributed by atoms with Gasteiger partial charge in [-0.15, -0.1) is 0 Å². The van der Waals surface area contributed by atoms with E-state index in [1.165, 1.54) is 0 Å². The lowest BCUT2D eigenvalue weighted by Crippen LogP contribution is -1.98. The molecule has 1 aromatic carbocycles. The first-order chi connectivity index (χ1) is 8.65. The third-order valence-electron chi connectivity index (χ3n) is 2.66. The average molecular weight is 264 g/mol. The number of hydrogen-bond donors (Lipinski definition) is 1. The van der Waals surface area contributed by atoms with Gasteiger partial charge in [-0.3, -0.25) is 0 Å². The molecule has 18 heavy (non-hydrogen) atoms. The Kier molecular flexibility index (Phi) is 3.67. The van der Waals surface area contributed by atoms with Gasteiger partial charge in [-0.25, -0.2) is 9.97 Å². The second-order valence-electron chi connectivity index (χ2n) is 3.79. The van der Waals surface area contributed by atoms with Gasteiger partial charge in [0.05, 0.1) is 29.7 Å². The number of aromatic nitrogens is 2. The van der Waals surface area contributed by atoms with Crippen LogP contribution in [0.5, 0.6) is 5.75 Å². The van der Waals surface area contributed by atoms with Crippen molar-refractivity contribution in [3.8, 4) is 17.1 Å². The Morgan fingerprint density at radius 2 is 2.11 bits per heavy atom. The first kappa shape index (κ1) is 12.6. The Bertz CT molecular complexity index is 521. The highest BCUT2D eigenvalue weighted by Gasteiger charge is 2.07. The van der Waals surface area contributed by atoms with Crippen LogP contribution in [0.25, 0.3) is 11.4 Å². The van der Waals surface area contributed by atoms with E-state index >= 15 is 0 Å². The van der Waals surface area contributed by atoms with Crippen LogP contribution in [0, 0.1) is 6.92 Å². The van der Waals surface area contributed by atoms with E-state index in [-0.39, 0.29) is 0 Å². The molecule has 0 bridgehead atoms. The lowest BCUT2D eigenvalue weighted by molar-refractivity contribution is 0.415. The second kappa shape index (κ2) is 5.23. The molecule has 4 nitrogen and oxygen atoms in total. The number of rotatable bonds is 3. The zero-order chi connectivity index (χ0) is 13.1. The van der Waals surface area contributed by atoms with Crippen LogP contribution in [-0.4, -0.2) is 24.1 Å². The summed E-state index contributed by atoms with van der Waals surface area (Å²) >= 11 is 6.08. The maximum Gasteiger partial charge on any atom is 0.159 e. The molecule has 0 unspecified atom stereocenters. The predicted octanol–water partition coefficient (Wildman–Crippen LogP) is 3.16. The molecule has 0 fully saturated rings. The minimum atomic E-state index is 0.550. The van der Waals surface area contributed by atoms with Crippen LogP contribution in [0.1, 0.15) is 5.69 Å². The van der Waals surface area contributed by atoms with Gasteiger partial charge in [0.15, 0.2) is 5.82 Å². The smallest absolute Gasteiger partial charge is 0.159 e. The van der Waals surface area contributed by atoms with Gasteiger partial charge in [-0.2, -0.15) is 0 Å². The molecule has 94 valence electrons. The molecule has 0 amide bonds. The number of ether oxygens (including phenoxy) is 1. The fourth-order valence-corrected chi connectivity index (χ4v) is 1.91. The molecular formula is C13H14ClN3O. The first-order valence-electron chi connectivity index (χ1n) is 5.51. The average Bonchev–Trinajstić information content (AvgIpc) is 2.38. The molecular weight excluding hydrogens is 250 g/mol. The summed E-state index contributed by atoms with van der Waals surface area (Å²) in [7, 11) is 3.43. The largest absolute Gasteiger partial charge is 0.495 e. The molecule has 0 saturated carbocycles. The fraction of sp³-hybridized carbons (Fsp3) is 0.231. The van der Waals surface area contributed by atoms with Crippen molar-refractivity contribution in [1.82, 2.24) is 9.97 Å². The lowest BCUT2D eigenvalue weighted by Gasteiger charge is -2.08. The molecule has 0 radical (unpaired) electrons. The van der Waals surface area contributed by atoms with E-state index in [0.717, 1.165) is 16.9 Å². The molecule has 5 heteroatoms. The normalized spacial score (nSPS) is 10.2. The number of aryl methyl sites for hydroxylation is 1. The summed E-state index contributed by atoms with van der Waals surface area (Å²) in [5.74, 6) is 1.29. The first-order valence-corrected chi connectivity index (χ1v) is 5.89. The van der Waals surface area contributed by atoms with Gasteiger partial charge in [0.2, 0.25) is 0 Å². The van der Waals surface area contributed by atoms with E-state index in [1.807, 2.05) is 26.1 Å². The molecule has 0 aliphatic carbocycles. The standard InChI is InChI=1S/C13H14ClN3O/c1-8-11(15-2)7-16-13(17-8)9-4-5-12(18-3)10(14)6-9/h4-7,15H,1-3H3. The van der Waals surface area contributed by atoms with Crippen molar-refractivity contribution in [3.63, 3.8) is 0 Å². The van der Waals surface area contributed by atoms with E-state index < -0.39 is 0 Å². The maximum atomic E-state index is 6.08. The number of benzene rings is 1. The van der Waals surface area contributed by atoms with Gasteiger partial charge in [0.25, 0.3) is 0 Å². The van der Waals surface area contributed by atoms with Crippen LogP contribution in [0.3, 0.4) is 0 Å². The maximum absolute atomic E-state index is 6.08. The molecule has 1 heterocycles. The third kappa shape index (κ3) is 2.38. The van der Waals surface area contributed by atoms with Gasteiger partial charge in [0.1, 0.15) is 5.75 Å². The van der Waals surface area contributed by atoms with Crippen LogP contribution >= 0.6 is 11.6 Å². The zero-order valence-electron chi connectivity index (χ0n) is 10.5. The van der Waals surface area contributed by atoms with E-state index in [4.69, 9.17) is 16.3 Å². The monoisotopic (exact) mass is 263 g/mol. The van der Waals surface area contributed by atoms with Crippen molar-refractivity contribution in [2.45, 2.75) is 6.92 Å². The Hall–Kier alpha value is -1.81. The molecule has 2 aromatic rings. The van der Waals surface area contributed by atoms with Crippen molar-refractivity contribution in [1.29, 1.82) is 0 Å². The summed E-state index contributed by atoms with van der Waals surface area (Å²) in [5, 5.41) is 3.58. The minimum absolute atomic E-state index is 0.550. The summed E-state index contributed by atoms with van der Waals surface area (Å²) in [6.45, 7) is 1.93. The van der Waals surface area contributed by atoms with Crippen molar-refractivity contribution in [3.05, 3.63) is 35.1 Å². The molecule has 0 atom stereocenters. The topological polar surface area (TPSA) is 47.0 Å². The van der Waals surface area contributed by atoms with Crippen molar-refractivity contribution in [2.24, 2.45) is 0 Å². The van der Waals surface area contributed by atoms with Gasteiger partial charge in [-0.1, -0.05) is 11.6 Å². The summed E-state index contributed by atoms with van der Waals surface area (Å²) in [5.41, 5.74) is 2.68. The van der Waals surface area contributed by atoms with Crippen LogP contribution in [-0.2, 0) is 0 Å². The molecule has 1 aromatic heterocycles. The summed E-state index contributed by atoms with van der Waals surface area (Å²) < 4.78 is 5.11. The van der Waals surface area contributed by atoms with Crippen molar-refractivity contribution < 1.29 is 4.74 Å². The lowest BCUT2D eigenvalue weighted by atomic mass is 10.2. The number of methoxy groups -OCH3 is 1. The van der Waals surface area contributed by atoms with Gasteiger partial charge < -0.3 is 10.1 Å². The number of halogens is 1. The Morgan fingerprint density at radius 3 is 2.67 bits per heavy atom. The highest BCUT2D eigenvalue weighted by atomic mass is 35.5. The Morgan fingerprint density at radius 1 is 1.33 bits per heavy atom. The highest BCUT2D eigenvalue weighted by Crippen LogP contribution is 2.29. The van der Waals surface area contributed by atoms with E-state index in [9.17, 15) is 0 Å². The molecule has 0 saturated heterocycles. The van der Waals surface area contributed by atoms with Crippen LogP contribution < -0.4 is 10.1 Å². The van der Waals surface area contributed by atoms with Crippen LogP contribution in [0.2, 0.25) is 5.02 Å². The Labute approximate surface area is 111 Å². The van der Waals surface area contributed by atoms with Crippen molar-refractivity contribution in [2.75, 3.05) is 19.5 Å². The molecule has 0 aliphatic heterocycles. The van der Waals surface area contributed by atoms with Crippen molar-refractivity contribution >= 4 is 17.3 Å². The molecule has 1 N–H and O–H groups in total. The minimum Gasteiger partial charge on any atom is -0.495 e. The molecule has 2 rings (SSSR count). The zero-order valence-corrected chi connectivity index (χ0v) is 11.2. The quantitative estimate of drug-likeness (QED) is 0.924. The number of nitrogens with one attached hydrogen (secondary N) is 1. The van der Waals surface area contributed by atoms with E-state index in [0.29, 0.717) is 16.6 Å². The second-order valence-corrected chi connectivity index (χ2v) is 4.20. The van der Waals surface area contributed by atoms with E-state index in [2.05, 4.69) is 15.3 Å². The molecule has 0 spiro atoms. The summed E-state index contributed by atoms with van der Waals surface area (Å²) in [6.07, 6.45) is 1.76. The van der Waals surface area contributed by atoms with E-state index in [1.54, 1.807) is 19.4 Å². The SMILES string of the molecule is CNc1cnc(-c2ccc(OC)c(Cl)c2)nc1C. The summed E-state index contributed by atoms with van der Waals surface area (Å²) in [6, 6.07) is 5.50. The van der Waals surface area contributed by atoms with Gasteiger partial charge in [0, 0.05) is 12.6 Å². The van der Waals surface area contributed by atoms with Crippen LogP contribution in [0.4, 0.5) is 5.69 Å². The number of nitrogens with zero attached hydrogens (tertiary/aromatic N) is 2. The fourth-order valence-electron chi connectivity index (χ4n) is 1.66. The number of hydrogen-bond acceptors (Lipinski definition) is 4. The predicted molar refractivity (Wildman–Crippen MR) is 73.3 cm³/mol. The summed E-state index contributed by atoms with van der Waals surface area (Å²) in [4.78, 5) is 8.74. The van der Waals surface area contributed by atoms with Crippen LogP contribution in [0.15, 0.2) is 24.4 Å². The molecule has 0 aliphatic rings. The Balaban J connectivity index is 2.42. The third-order valence-corrected chi connectivity index (χ3v) is 2.95. The highest BCUT2D eigenvalue weighted by molar-refractivity contribution is 6.32.